The maximum absolute atomic E-state index is 12.8. The molecule has 1 heterocycles. The molecule has 0 aliphatic rings. The average molecular weight is 463 g/mol. The molecule has 5 nitrogen and oxygen atoms in total. The van der Waals surface area contributed by atoms with E-state index in [1.54, 1.807) is 17.8 Å². The monoisotopic (exact) mass is 462 g/mol. The van der Waals surface area contributed by atoms with E-state index in [2.05, 4.69) is 29.4 Å². The largest absolute Gasteiger partial charge is 0.342 e. The number of hydrogen-bond donors (Lipinski definition) is 1. The molecule has 0 aliphatic carbocycles. The summed E-state index contributed by atoms with van der Waals surface area (Å²) in [6, 6.07) is 12.9. The quantitative estimate of drug-likeness (QED) is 0.447. The molecule has 158 valence electrons. The van der Waals surface area contributed by atoms with Crippen LogP contribution >= 0.6 is 35.0 Å². The van der Waals surface area contributed by atoms with Gasteiger partial charge in [0.15, 0.2) is 11.0 Å². The first-order chi connectivity index (χ1) is 14.3. The van der Waals surface area contributed by atoms with Crippen LogP contribution in [0, 0.1) is 12.8 Å². The van der Waals surface area contributed by atoms with Crippen LogP contribution in [-0.4, -0.2) is 20.7 Å². The molecule has 3 rings (SSSR count). The van der Waals surface area contributed by atoms with Crippen molar-refractivity contribution in [2.45, 2.75) is 37.7 Å². The molecule has 0 radical (unpaired) electrons. The van der Waals surface area contributed by atoms with Gasteiger partial charge in [0.2, 0.25) is 0 Å². The second kappa shape index (κ2) is 9.86. The zero-order chi connectivity index (χ0) is 21.8. The van der Waals surface area contributed by atoms with Crippen molar-refractivity contribution in [3.63, 3.8) is 0 Å². The second-order valence-corrected chi connectivity index (χ2v) is 9.26. The van der Waals surface area contributed by atoms with E-state index in [0.29, 0.717) is 21.4 Å². The van der Waals surface area contributed by atoms with E-state index >= 15 is 0 Å². The lowest BCUT2D eigenvalue weighted by molar-refractivity contribution is 0.0922. The molecule has 1 amide bonds. The zero-order valence-corrected chi connectivity index (χ0v) is 19.6. The van der Waals surface area contributed by atoms with E-state index in [1.807, 2.05) is 54.9 Å². The molecule has 1 atom stereocenters. The molecule has 1 aromatic heterocycles. The number of aryl methyl sites for hydroxylation is 1. The van der Waals surface area contributed by atoms with Gasteiger partial charge in [-0.25, -0.2) is 0 Å². The van der Waals surface area contributed by atoms with Gasteiger partial charge >= 0.3 is 0 Å². The number of halogens is 2. The first-order valence-electron chi connectivity index (χ1n) is 9.59. The number of rotatable bonds is 7. The lowest BCUT2D eigenvalue weighted by Crippen LogP contribution is -2.33. The van der Waals surface area contributed by atoms with Crippen molar-refractivity contribution >= 4 is 40.9 Å². The zero-order valence-electron chi connectivity index (χ0n) is 17.3. The van der Waals surface area contributed by atoms with Gasteiger partial charge in [-0.05, 0) is 42.7 Å². The van der Waals surface area contributed by atoms with Gasteiger partial charge in [0.05, 0.1) is 16.1 Å². The summed E-state index contributed by atoms with van der Waals surface area (Å²) in [5.41, 5.74) is 2.73. The van der Waals surface area contributed by atoms with E-state index in [0.717, 1.165) is 22.1 Å². The molecule has 0 bridgehead atoms. The number of nitrogens with zero attached hydrogens (tertiary/aromatic N) is 3. The van der Waals surface area contributed by atoms with Crippen molar-refractivity contribution in [1.82, 2.24) is 20.1 Å². The van der Waals surface area contributed by atoms with Gasteiger partial charge in [-0.15, -0.1) is 10.2 Å². The van der Waals surface area contributed by atoms with Crippen LogP contribution in [0.1, 0.15) is 47.2 Å². The third-order valence-corrected chi connectivity index (χ3v) is 6.56. The van der Waals surface area contributed by atoms with Crippen LogP contribution in [-0.2, 0) is 12.8 Å². The number of benzene rings is 2. The van der Waals surface area contributed by atoms with E-state index in [4.69, 9.17) is 23.2 Å². The summed E-state index contributed by atoms with van der Waals surface area (Å²) >= 11 is 13.6. The summed E-state index contributed by atoms with van der Waals surface area (Å²) in [6.45, 7) is 6.08. The number of amides is 1. The van der Waals surface area contributed by atoms with Gasteiger partial charge < -0.3 is 9.88 Å². The number of nitrogens with one attached hydrogen (secondary N) is 1. The molecule has 0 saturated carbocycles. The molecular weight excluding hydrogens is 439 g/mol. The lowest BCUT2D eigenvalue weighted by Gasteiger charge is -2.22. The lowest BCUT2D eigenvalue weighted by atomic mass is 10.0. The Kier molecular flexibility index (Phi) is 7.45. The maximum atomic E-state index is 12.8. The highest BCUT2D eigenvalue weighted by molar-refractivity contribution is 7.98. The van der Waals surface area contributed by atoms with Crippen LogP contribution in [0.5, 0.6) is 0 Å². The van der Waals surface area contributed by atoms with Crippen molar-refractivity contribution in [2.75, 3.05) is 0 Å². The minimum absolute atomic E-state index is 0.120. The fourth-order valence-corrected chi connectivity index (χ4v) is 4.22. The number of carbonyl (C=O) groups excluding carboxylic acids is 1. The molecule has 30 heavy (non-hydrogen) atoms. The normalized spacial score (nSPS) is 12.2. The van der Waals surface area contributed by atoms with Crippen LogP contribution in [0.3, 0.4) is 0 Å². The third-order valence-electron chi connectivity index (χ3n) is 4.73. The van der Waals surface area contributed by atoms with Gasteiger partial charge in [-0.3, -0.25) is 4.79 Å². The Hall–Kier alpha value is -2.02. The summed E-state index contributed by atoms with van der Waals surface area (Å²) in [6.07, 6.45) is 0. The molecule has 2 aromatic carbocycles. The Morgan fingerprint density at radius 3 is 2.57 bits per heavy atom. The van der Waals surface area contributed by atoms with Crippen molar-refractivity contribution in [1.29, 1.82) is 0 Å². The van der Waals surface area contributed by atoms with Gasteiger partial charge in [-0.2, -0.15) is 0 Å². The SMILES string of the molecule is Cc1cccc(C(=O)N[C@H](c2nnc(SCc3ccc(Cl)c(Cl)c3)n2C)C(C)C)c1. The molecule has 0 unspecified atom stereocenters. The Bertz CT molecular complexity index is 1050. The highest BCUT2D eigenvalue weighted by atomic mass is 35.5. The van der Waals surface area contributed by atoms with Gasteiger partial charge in [0, 0.05) is 18.4 Å². The fraction of sp³-hybridized carbons (Fsp3) is 0.318. The predicted octanol–water partition coefficient (Wildman–Crippen LogP) is 5.85. The van der Waals surface area contributed by atoms with Crippen molar-refractivity contribution in [3.05, 3.63) is 75.0 Å². The highest BCUT2D eigenvalue weighted by Crippen LogP contribution is 2.29. The molecule has 8 heteroatoms. The van der Waals surface area contributed by atoms with E-state index in [-0.39, 0.29) is 17.9 Å². The fourth-order valence-electron chi connectivity index (χ4n) is 3.04. The topological polar surface area (TPSA) is 59.8 Å². The van der Waals surface area contributed by atoms with Gasteiger partial charge in [0.25, 0.3) is 5.91 Å². The summed E-state index contributed by atoms with van der Waals surface area (Å²) in [5, 5.41) is 13.7. The molecular formula is C22H24Cl2N4OS. The van der Waals surface area contributed by atoms with E-state index in [9.17, 15) is 4.79 Å². The molecule has 0 spiro atoms. The third kappa shape index (κ3) is 5.36. The Labute approximate surface area is 191 Å². The highest BCUT2D eigenvalue weighted by Gasteiger charge is 2.25. The smallest absolute Gasteiger partial charge is 0.251 e. The van der Waals surface area contributed by atoms with Crippen LogP contribution in [0.25, 0.3) is 0 Å². The molecule has 0 fully saturated rings. The standard InChI is InChI=1S/C22H24Cl2N4OS/c1-13(2)19(25-21(29)16-7-5-6-14(3)10-16)20-26-27-22(28(20)4)30-12-15-8-9-17(23)18(24)11-15/h5-11,13,19H,12H2,1-4H3,(H,25,29)/t19-/m0/s1. The Balaban J connectivity index is 1.75. The average Bonchev–Trinajstić information content (AvgIpc) is 3.06. The summed E-state index contributed by atoms with van der Waals surface area (Å²) in [5.74, 6) is 1.44. The molecule has 0 saturated heterocycles. The summed E-state index contributed by atoms with van der Waals surface area (Å²) in [4.78, 5) is 12.8. The minimum Gasteiger partial charge on any atom is -0.342 e. The number of hydrogen-bond acceptors (Lipinski definition) is 4. The van der Waals surface area contributed by atoms with Crippen molar-refractivity contribution in [3.8, 4) is 0 Å². The minimum atomic E-state index is -0.255. The van der Waals surface area contributed by atoms with Gasteiger partial charge in [-0.1, -0.05) is 72.6 Å². The Morgan fingerprint density at radius 2 is 1.90 bits per heavy atom. The van der Waals surface area contributed by atoms with Crippen LogP contribution in [0.2, 0.25) is 10.0 Å². The first kappa shape index (κ1) is 22.7. The summed E-state index contributed by atoms with van der Waals surface area (Å²) < 4.78 is 1.93. The molecule has 1 N–H and O–H groups in total. The summed E-state index contributed by atoms with van der Waals surface area (Å²) in [7, 11) is 1.92. The van der Waals surface area contributed by atoms with Gasteiger partial charge in [0.1, 0.15) is 0 Å². The second-order valence-electron chi connectivity index (χ2n) is 7.50. The van der Waals surface area contributed by atoms with E-state index in [1.165, 1.54) is 0 Å². The Morgan fingerprint density at radius 1 is 1.13 bits per heavy atom. The molecule has 0 aliphatic heterocycles. The van der Waals surface area contributed by atoms with Crippen molar-refractivity contribution < 1.29 is 4.79 Å². The van der Waals surface area contributed by atoms with E-state index < -0.39 is 0 Å². The first-order valence-corrected chi connectivity index (χ1v) is 11.3. The van der Waals surface area contributed by atoms with Crippen LogP contribution in [0.4, 0.5) is 0 Å². The maximum Gasteiger partial charge on any atom is 0.251 e. The van der Waals surface area contributed by atoms with Crippen LogP contribution in [0.15, 0.2) is 47.6 Å². The number of aromatic nitrogens is 3. The van der Waals surface area contributed by atoms with Crippen LogP contribution < -0.4 is 5.32 Å². The van der Waals surface area contributed by atoms with Crippen molar-refractivity contribution in [2.24, 2.45) is 13.0 Å². The number of thioether (sulfide) groups is 1. The molecule has 3 aromatic rings. The predicted molar refractivity (Wildman–Crippen MR) is 123 cm³/mol. The number of carbonyl (C=O) groups is 1.